The standard InChI is InChI=1S/C19H23N3O6S2/c1-12(23)4-2-6-20-19(26)28-10-13-9-22-17(25)16(18(22)30(27)11-13)21-15(24)8-14-5-3-7-29-14/h3,5,7,9,16,18H,2,4,6,8,10-11H2,1H3,(H,20,26)(H,21,24). The highest BCUT2D eigenvalue weighted by Gasteiger charge is 2.56. The third-order valence-electron chi connectivity index (χ3n) is 4.59. The van der Waals surface area contributed by atoms with E-state index < -0.39 is 28.7 Å². The lowest BCUT2D eigenvalue weighted by atomic mass is 10.1. The Morgan fingerprint density at radius 2 is 2.20 bits per heavy atom. The number of hydrogen-bond donors (Lipinski definition) is 2. The van der Waals surface area contributed by atoms with Crippen molar-refractivity contribution in [2.24, 2.45) is 0 Å². The van der Waals surface area contributed by atoms with Gasteiger partial charge in [0, 0.05) is 29.6 Å². The summed E-state index contributed by atoms with van der Waals surface area (Å²) in [5.41, 5.74) is 0.556. The molecule has 30 heavy (non-hydrogen) atoms. The molecule has 1 saturated heterocycles. The fraction of sp³-hybridized carbons (Fsp3) is 0.474. The molecule has 1 fully saturated rings. The molecule has 162 valence electrons. The second kappa shape index (κ2) is 10.1. The number of ketones is 1. The molecule has 3 heterocycles. The minimum Gasteiger partial charge on any atom is -0.614 e. The number of rotatable bonds is 9. The fourth-order valence-electron chi connectivity index (χ4n) is 3.15. The zero-order valence-electron chi connectivity index (χ0n) is 16.4. The largest absolute Gasteiger partial charge is 0.614 e. The zero-order valence-corrected chi connectivity index (χ0v) is 18.1. The highest BCUT2D eigenvalue weighted by Crippen LogP contribution is 2.32. The Balaban J connectivity index is 1.45. The molecule has 0 radical (unpaired) electrons. The molecule has 11 heteroatoms. The molecule has 0 bridgehead atoms. The Morgan fingerprint density at radius 3 is 2.90 bits per heavy atom. The van der Waals surface area contributed by atoms with Crippen molar-refractivity contribution in [2.45, 2.75) is 37.6 Å². The van der Waals surface area contributed by atoms with E-state index in [1.54, 1.807) is 6.20 Å². The number of thiophene rings is 1. The average molecular weight is 454 g/mol. The van der Waals surface area contributed by atoms with Gasteiger partial charge >= 0.3 is 6.09 Å². The van der Waals surface area contributed by atoms with Gasteiger partial charge in [-0.05, 0) is 36.0 Å². The van der Waals surface area contributed by atoms with E-state index in [2.05, 4.69) is 10.6 Å². The molecule has 2 N–H and O–H groups in total. The number of nitrogens with one attached hydrogen (secondary N) is 2. The normalized spacial score (nSPS) is 22.5. The first kappa shape index (κ1) is 22.3. The van der Waals surface area contributed by atoms with Crippen LogP contribution in [0.5, 0.6) is 0 Å². The van der Waals surface area contributed by atoms with Crippen LogP contribution >= 0.6 is 11.3 Å². The van der Waals surface area contributed by atoms with Gasteiger partial charge in [-0.25, -0.2) is 4.79 Å². The lowest BCUT2D eigenvalue weighted by Crippen LogP contribution is -2.73. The van der Waals surface area contributed by atoms with Crippen molar-refractivity contribution in [1.29, 1.82) is 0 Å². The summed E-state index contributed by atoms with van der Waals surface area (Å²) in [6, 6.07) is 2.88. The van der Waals surface area contributed by atoms with Gasteiger partial charge in [0.1, 0.15) is 18.1 Å². The van der Waals surface area contributed by atoms with Crippen LogP contribution < -0.4 is 10.6 Å². The van der Waals surface area contributed by atoms with Crippen molar-refractivity contribution in [3.05, 3.63) is 34.2 Å². The molecule has 1 aromatic heterocycles. The molecule has 9 nitrogen and oxygen atoms in total. The second-order valence-corrected chi connectivity index (χ2v) is 9.62. The molecule has 3 rings (SSSR count). The minimum atomic E-state index is -1.42. The van der Waals surface area contributed by atoms with Crippen LogP contribution in [0.3, 0.4) is 0 Å². The first-order chi connectivity index (χ1) is 14.3. The van der Waals surface area contributed by atoms with Gasteiger partial charge in [-0.15, -0.1) is 11.3 Å². The Bertz CT molecular complexity index is 841. The molecule has 2 aliphatic rings. The monoisotopic (exact) mass is 453 g/mol. The number of amides is 3. The van der Waals surface area contributed by atoms with E-state index in [9.17, 15) is 23.7 Å². The van der Waals surface area contributed by atoms with E-state index in [0.29, 0.717) is 25.0 Å². The summed E-state index contributed by atoms with van der Waals surface area (Å²) >= 11 is 0.0407. The van der Waals surface area contributed by atoms with Crippen LogP contribution in [0.15, 0.2) is 29.3 Å². The molecular formula is C19H23N3O6S2. The summed E-state index contributed by atoms with van der Waals surface area (Å²) in [5, 5.41) is 6.47. The summed E-state index contributed by atoms with van der Waals surface area (Å²) in [7, 11) is 0. The number of β-lactam (4-membered cyclic amide) rings is 1. The Labute approximate surface area is 181 Å². The van der Waals surface area contributed by atoms with Gasteiger partial charge < -0.3 is 24.7 Å². The number of ether oxygens (including phenoxy) is 1. The molecule has 0 aliphatic carbocycles. The van der Waals surface area contributed by atoms with Crippen LogP contribution in [0, 0.1) is 0 Å². The van der Waals surface area contributed by atoms with Crippen LogP contribution in [0.1, 0.15) is 24.6 Å². The van der Waals surface area contributed by atoms with Crippen molar-refractivity contribution in [1.82, 2.24) is 15.5 Å². The smallest absolute Gasteiger partial charge is 0.407 e. The Morgan fingerprint density at radius 1 is 1.40 bits per heavy atom. The summed E-state index contributed by atoms with van der Waals surface area (Å²) in [5.74, 6) is -0.413. The number of carbonyl (C=O) groups excluding carboxylic acids is 4. The Kier molecular flexibility index (Phi) is 7.51. The molecule has 0 aromatic carbocycles. The van der Waals surface area contributed by atoms with E-state index in [4.69, 9.17) is 4.74 Å². The SMILES string of the molecule is CC(=O)CCCNC(=O)OCC1=CN2C(=O)C(NC(=O)Cc3cccs3)C2[S+]([O-])C1. The topological polar surface area (TPSA) is 128 Å². The fourth-order valence-corrected chi connectivity index (χ4v) is 5.45. The number of fused-ring (bicyclic) bond motifs is 1. The summed E-state index contributed by atoms with van der Waals surface area (Å²) in [6.07, 6.45) is 1.99. The van der Waals surface area contributed by atoms with E-state index in [-0.39, 0.29) is 36.4 Å². The van der Waals surface area contributed by atoms with Crippen molar-refractivity contribution in [3.8, 4) is 0 Å². The Hall–Kier alpha value is -2.37. The van der Waals surface area contributed by atoms with Crippen LogP contribution in [-0.4, -0.2) is 63.5 Å². The number of nitrogens with zero attached hydrogens (tertiary/aromatic N) is 1. The van der Waals surface area contributed by atoms with Gasteiger partial charge in [-0.3, -0.25) is 14.5 Å². The quantitative estimate of drug-likeness (QED) is 0.322. The average Bonchev–Trinajstić information content (AvgIpc) is 3.20. The van der Waals surface area contributed by atoms with Crippen LogP contribution in [0.25, 0.3) is 0 Å². The van der Waals surface area contributed by atoms with E-state index in [1.807, 2.05) is 17.5 Å². The molecule has 2 aliphatic heterocycles. The maximum absolute atomic E-state index is 12.6. The number of Topliss-reactive ketones (excluding diaryl/α,β-unsaturated/α-hetero) is 1. The summed E-state index contributed by atoms with van der Waals surface area (Å²) < 4.78 is 17.7. The molecule has 0 spiro atoms. The first-order valence-electron chi connectivity index (χ1n) is 9.46. The molecule has 3 unspecified atom stereocenters. The third-order valence-corrected chi connectivity index (χ3v) is 7.16. The first-order valence-corrected chi connectivity index (χ1v) is 11.7. The van der Waals surface area contributed by atoms with Crippen molar-refractivity contribution in [3.63, 3.8) is 0 Å². The third kappa shape index (κ3) is 5.61. The minimum absolute atomic E-state index is 0.0507. The molecule has 3 atom stereocenters. The predicted octanol–water partition coefficient (Wildman–Crippen LogP) is 0.685. The lowest BCUT2D eigenvalue weighted by molar-refractivity contribution is -0.145. The number of alkyl carbamates (subject to hydrolysis) is 1. The highest BCUT2D eigenvalue weighted by atomic mass is 32.2. The second-order valence-electron chi connectivity index (χ2n) is 7.06. The van der Waals surface area contributed by atoms with Crippen molar-refractivity contribution < 1.29 is 28.5 Å². The number of carbonyl (C=O) groups is 4. The van der Waals surface area contributed by atoms with Gasteiger partial charge in [0.25, 0.3) is 5.91 Å². The molecule has 3 amide bonds. The lowest BCUT2D eigenvalue weighted by Gasteiger charge is -2.47. The van der Waals surface area contributed by atoms with Crippen LogP contribution in [0.4, 0.5) is 4.79 Å². The number of hydrogen-bond acceptors (Lipinski definition) is 7. The van der Waals surface area contributed by atoms with Crippen LogP contribution in [-0.2, 0) is 36.7 Å². The zero-order chi connectivity index (χ0) is 21.7. The summed E-state index contributed by atoms with van der Waals surface area (Å²) in [4.78, 5) is 49.3. The van der Waals surface area contributed by atoms with Gasteiger partial charge in [0.05, 0.1) is 6.42 Å². The maximum atomic E-state index is 12.6. The van der Waals surface area contributed by atoms with Gasteiger partial charge in [0.2, 0.25) is 11.3 Å². The maximum Gasteiger partial charge on any atom is 0.407 e. The summed E-state index contributed by atoms with van der Waals surface area (Å²) in [6.45, 7) is 1.72. The van der Waals surface area contributed by atoms with E-state index in [1.165, 1.54) is 23.2 Å². The van der Waals surface area contributed by atoms with Crippen molar-refractivity contribution >= 4 is 46.2 Å². The van der Waals surface area contributed by atoms with Crippen molar-refractivity contribution in [2.75, 3.05) is 18.9 Å². The van der Waals surface area contributed by atoms with Gasteiger partial charge in [-0.2, -0.15) is 0 Å². The predicted molar refractivity (Wildman–Crippen MR) is 111 cm³/mol. The van der Waals surface area contributed by atoms with Gasteiger partial charge in [0.15, 0.2) is 6.04 Å². The molecular weight excluding hydrogens is 430 g/mol. The highest BCUT2D eigenvalue weighted by molar-refractivity contribution is 7.92. The van der Waals surface area contributed by atoms with Crippen LogP contribution in [0.2, 0.25) is 0 Å². The molecule has 0 saturated carbocycles. The molecule has 1 aromatic rings. The van der Waals surface area contributed by atoms with E-state index in [0.717, 1.165) is 4.88 Å². The van der Waals surface area contributed by atoms with Gasteiger partial charge in [-0.1, -0.05) is 6.07 Å². The van der Waals surface area contributed by atoms with E-state index >= 15 is 0 Å².